The molecule has 10 aromatic rings. The summed E-state index contributed by atoms with van der Waals surface area (Å²) in [4.78, 5) is 4.12. The third-order valence-corrected chi connectivity index (χ3v) is 19.1. The second-order valence-electron chi connectivity index (χ2n) is 17.9. The van der Waals surface area contributed by atoms with Gasteiger partial charge in [0.2, 0.25) is 0 Å². The van der Waals surface area contributed by atoms with Crippen LogP contribution in [0.25, 0.3) is 44.5 Å². The number of rotatable bonds is 5. The number of hydrogen-bond donors (Lipinski definition) is 0. The number of fused-ring (bicyclic) bond motifs is 20. The van der Waals surface area contributed by atoms with Crippen LogP contribution < -0.4 is 0 Å². The average molecular weight is 831 g/mol. The van der Waals surface area contributed by atoms with E-state index in [2.05, 4.69) is 243 Å². The van der Waals surface area contributed by atoms with Crippen molar-refractivity contribution in [2.75, 3.05) is 0 Å². The Hall–Kier alpha value is -7.45. The van der Waals surface area contributed by atoms with Crippen LogP contribution in [0.2, 0.25) is 0 Å². The molecule has 0 fully saturated rings. The Bertz CT molecular complexity index is 3380. The van der Waals surface area contributed by atoms with E-state index in [1.807, 2.05) is 0 Å². The third kappa shape index (κ3) is 4.45. The van der Waals surface area contributed by atoms with E-state index in [1.54, 1.807) is 0 Å². The van der Waals surface area contributed by atoms with Crippen LogP contribution >= 0.6 is 10.0 Å². The zero-order valence-corrected chi connectivity index (χ0v) is 36.0. The Morgan fingerprint density at radius 1 is 0.234 bits per heavy atom. The topological polar surface area (TPSA) is 0 Å². The van der Waals surface area contributed by atoms with Crippen molar-refractivity contribution < 1.29 is 0 Å². The highest BCUT2D eigenvalue weighted by molar-refractivity contribution is 8.33. The molecule has 0 heterocycles. The number of benzene rings is 10. The molecule has 0 aliphatic heterocycles. The van der Waals surface area contributed by atoms with Gasteiger partial charge in [-0.05, 0) is 146 Å². The summed E-state index contributed by atoms with van der Waals surface area (Å²) in [5.41, 5.74) is 22.2. The lowest BCUT2D eigenvalue weighted by atomic mass is 9.70. The highest BCUT2D eigenvalue weighted by atomic mass is 32.3. The summed E-state index contributed by atoms with van der Waals surface area (Å²) in [6.45, 7) is 0. The van der Waals surface area contributed by atoms with Crippen molar-refractivity contribution in [2.24, 2.45) is 0 Å². The summed E-state index contributed by atoms with van der Waals surface area (Å²) >= 11 is 0. The highest BCUT2D eigenvalue weighted by Gasteiger charge is 2.53. The Balaban J connectivity index is 1.04. The van der Waals surface area contributed by atoms with Crippen molar-refractivity contribution in [3.8, 4) is 44.5 Å². The molecule has 0 bridgehead atoms. The highest BCUT2D eigenvalue weighted by Crippen LogP contribution is 2.73. The lowest BCUT2D eigenvalue weighted by Gasteiger charge is -2.43. The second kappa shape index (κ2) is 13.3. The van der Waals surface area contributed by atoms with Gasteiger partial charge in [0, 0.05) is 5.75 Å². The van der Waals surface area contributed by atoms with Crippen LogP contribution in [0.5, 0.6) is 0 Å². The van der Waals surface area contributed by atoms with E-state index in [0.717, 1.165) is 5.75 Å². The SMILES string of the molecule is c1ccc(S(Cc2ccc3c(c2)C2(c4ccccc4-c4ccccc42)c2ccccc2-3)(c2ccccc2)c2ccc3c(c2)C2(c4ccccc4-c4ccccc42)c2ccccc2-3)cc1. The van der Waals surface area contributed by atoms with Gasteiger partial charge in [0.05, 0.1) is 10.8 Å². The molecule has 0 nitrogen and oxygen atoms in total. The largest absolute Gasteiger partial charge is 0.156 e. The molecule has 4 aliphatic rings. The normalized spacial score (nSPS) is 14.8. The van der Waals surface area contributed by atoms with Crippen LogP contribution in [-0.2, 0) is 16.6 Å². The fraction of sp³-hybridized carbons (Fsp3) is 0.0476. The second-order valence-corrected chi connectivity index (χ2v) is 21.1. The minimum Gasteiger partial charge on any atom is -0.156 e. The minimum atomic E-state index is -1.94. The van der Waals surface area contributed by atoms with Gasteiger partial charge in [0.1, 0.15) is 0 Å². The van der Waals surface area contributed by atoms with Crippen molar-refractivity contribution in [1.29, 1.82) is 0 Å². The molecule has 0 amide bonds. The summed E-state index contributed by atoms with van der Waals surface area (Å²) in [6.07, 6.45) is 0. The molecule has 0 radical (unpaired) electrons. The Kier molecular flexibility index (Phi) is 7.49. The summed E-state index contributed by atoms with van der Waals surface area (Å²) in [6, 6.07) is 93.0. The summed E-state index contributed by atoms with van der Waals surface area (Å²) < 4.78 is 0. The van der Waals surface area contributed by atoms with Crippen molar-refractivity contribution in [1.82, 2.24) is 0 Å². The zero-order chi connectivity index (χ0) is 42.0. The van der Waals surface area contributed by atoms with Gasteiger partial charge in [-0.3, -0.25) is 0 Å². The van der Waals surface area contributed by atoms with E-state index < -0.39 is 20.9 Å². The quantitative estimate of drug-likeness (QED) is 0.162. The third-order valence-electron chi connectivity index (χ3n) is 15.1. The molecule has 0 atom stereocenters. The first kappa shape index (κ1) is 36.1. The van der Waals surface area contributed by atoms with Crippen LogP contribution in [0.3, 0.4) is 0 Å². The van der Waals surface area contributed by atoms with Crippen molar-refractivity contribution in [2.45, 2.75) is 31.3 Å². The lowest BCUT2D eigenvalue weighted by Crippen LogP contribution is -2.26. The predicted molar refractivity (Wildman–Crippen MR) is 264 cm³/mol. The lowest BCUT2D eigenvalue weighted by molar-refractivity contribution is 0.790. The maximum Gasteiger partial charge on any atom is 0.0725 e. The molecule has 0 aromatic heterocycles. The van der Waals surface area contributed by atoms with E-state index in [1.165, 1.54) is 109 Å². The molecule has 10 aromatic carbocycles. The molecule has 2 spiro atoms. The molecule has 14 rings (SSSR count). The molecule has 64 heavy (non-hydrogen) atoms. The first-order chi connectivity index (χ1) is 31.7. The van der Waals surface area contributed by atoms with Gasteiger partial charge in [0.15, 0.2) is 0 Å². The molecule has 0 unspecified atom stereocenters. The minimum absolute atomic E-state index is 0.401. The van der Waals surface area contributed by atoms with E-state index in [0.29, 0.717) is 0 Å². The van der Waals surface area contributed by atoms with Gasteiger partial charge >= 0.3 is 0 Å². The summed E-state index contributed by atoms with van der Waals surface area (Å²) in [5.74, 6) is 0.857. The molecule has 0 N–H and O–H groups in total. The molecular weight excluding hydrogens is 789 g/mol. The maximum atomic E-state index is 2.65. The van der Waals surface area contributed by atoms with E-state index in [4.69, 9.17) is 0 Å². The van der Waals surface area contributed by atoms with Crippen molar-refractivity contribution in [3.63, 3.8) is 0 Å². The Morgan fingerprint density at radius 2 is 0.531 bits per heavy atom. The van der Waals surface area contributed by atoms with Gasteiger partial charge in [0.25, 0.3) is 0 Å². The van der Waals surface area contributed by atoms with Crippen molar-refractivity contribution in [3.05, 3.63) is 293 Å². The van der Waals surface area contributed by atoms with Crippen LogP contribution in [0.4, 0.5) is 0 Å². The van der Waals surface area contributed by atoms with Crippen LogP contribution in [0, 0.1) is 0 Å². The van der Waals surface area contributed by atoms with Gasteiger partial charge in [-0.2, -0.15) is 10.0 Å². The summed E-state index contributed by atoms with van der Waals surface area (Å²) in [5, 5.41) is 0. The first-order valence-corrected chi connectivity index (χ1v) is 24.3. The Labute approximate surface area is 376 Å². The predicted octanol–water partition coefficient (Wildman–Crippen LogP) is 15.9. The molecule has 300 valence electrons. The fourth-order valence-electron chi connectivity index (χ4n) is 12.7. The molecular formula is C63H42S. The van der Waals surface area contributed by atoms with Gasteiger partial charge in [-0.25, -0.2) is 0 Å². The van der Waals surface area contributed by atoms with Crippen molar-refractivity contribution >= 4 is 10.0 Å². The Morgan fingerprint density at radius 3 is 0.906 bits per heavy atom. The van der Waals surface area contributed by atoms with Gasteiger partial charge < -0.3 is 0 Å². The smallest absolute Gasteiger partial charge is 0.0725 e. The average Bonchev–Trinajstić information content (AvgIpc) is 4.05. The maximum absolute atomic E-state index is 2.65. The monoisotopic (exact) mass is 830 g/mol. The van der Waals surface area contributed by atoms with E-state index in [9.17, 15) is 0 Å². The van der Waals surface area contributed by atoms with Crippen LogP contribution in [0.1, 0.15) is 50.1 Å². The van der Waals surface area contributed by atoms with Gasteiger partial charge in [-0.15, -0.1) is 0 Å². The molecule has 1 heteroatoms. The summed E-state index contributed by atoms with van der Waals surface area (Å²) in [7, 11) is -1.94. The van der Waals surface area contributed by atoms with Crippen LogP contribution in [0.15, 0.2) is 257 Å². The van der Waals surface area contributed by atoms with E-state index in [-0.39, 0.29) is 0 Å². The fourth-order valence-corrected chi connectivity index (χ4v) is 16.6. The molecule has 0 saturated heterocycles. The number of hydrogen-bond acceptors (Lipinski definition) is 0. The first-order valence-electron chi connectivity index (χ1n) is 22.5. The standard InChI is InChI=1S/C63H42S/c1-3-19-43(20-4-1)64(44-21-5-2-6-22-44,45-36-38-53-51-28-12-18-34-59(51)63(61(53)40-45)56-31-15-9-25-48(56)49-26-10-16-32-57(49)63)41-42-35-37-52-50-27-11-17-33-58(50)62(60(52)39-42)54-29-13-7-23-46(54)47-24-8-14-30-55(47)62/h1-40H,41H2. The zero-order valence-electron chi connectivity index (χ0n) is 35.2. The van der Waals surface area contributed by atoms with Gasteiger partial charge in [-0.1, -0.05) is 206 Å². The molecule has 0 saturated carbocycles. The molecule has 4 aliphatic carbocycles. The van der Waals surface area contributed by atoms with E-state index >= 15 is 0 Å². The van der Waals surface area contributed by atoms with Crippen LogP contribution in [-0.4, -0.2) is 0 Å².